The Morgan fingerprint density at radius 2 is 1.71 bits per heavy atom. The molecule has 0 unspecified atom stereocenters. The first-order valence-electron chi connectivity index (χ1n) is 4.82. The highest BCUT2D eigenvalue weighted by atomic mass is 79.9. The van der Waals surface area contributed by atoms with E-state index in [1.165, 1.54) is 33.1 Å². The van der Waals surface area contributed by atoms with E-state index in [-0.39, 0.29) is 4.90 Å². The number of esters is 1. The van der Waals surface area contributed by atoms with Gasteiger partial charge in [0.2, 0.25) is 0 Å². The number of rotatable bonds is 3. The van der Waals surface area contributed by atoms with E-state index < -0.39 is 20.6 Å². The normalized spacial score (nSPS) is 12.2. The molecule has 0 amide bonds. The summed E-state index contributed by atoms with van der Waals surface area (Å²) in [6.07, 6.45) is 0. The number of carbonyl (C=O) groups excluding carboxylic acids is 1. The third-order valence-corrected chi connectivity index (χ3v) is 5.40. The van der Waals surface area contributed by atoms with Crippen molar-refractivity contribution in [1.29, 1.82) is 0 Å². The summed E-state index contributed by atoms with van der Waals surface area (Å²) in [5.74, 6) is -0.777. The Hall–Kier alpha value is -0.880. The number of benzene rings is 1. The molecule has 0 radical (unpaired) electrons. The Bertz CT molecular complexity index is 517. The van der Waals surface area contributed by atoms with Crippen molar-refractivity contribution in [2.45, 2.75) is 23.5 Å². The summed E-state index contributed by atoms with van der Waals surface area (Å²) < 4.78 is 28.2. The Labute approximate surface area is 109 Å². The van der Waals surface area contributed by atoms with Gasteiger partial charge in [0.05, 0.1) is 12.0 Å². The first-order chi connectivity index (χ1) is 7.73. The predicted molar refractivity (Wildman–Crippen MR) is 67.4 cm³/mol. The molecule has 0 aromatic heterocycles. The van der Waals surface area contributed by atoms with Crippen molar-refractivity contribution in [1.82, 2.24) is 0 Å². The summed E-state index contributed by atoms with van der Waals surface area (Å²) in [7, 11) is -2.59. The van der Waals surface area contributed by atoms with Crippen LogP contribution in [0.3, 0.4) is 0 Å². The maximum Gasteiger partial charge on any atom is 0.327 e. The highest BCUT2D eigenvalue weighted by Gasteiger charge is 2.43. The van der Waals surface area contributed by atoms with Gasteiger partial charge in [0.1, 0.15) is 0 Å². The van der Waals surface area contributed by atoms with Crippen molar-refractivity contribution in [3.8, 4) is 0 Å². The monoisotopic (exact) mass is 320 g/mol. The topological polar surface area (TPSA) is 60.4 Å². The van der Waals surface area contributed by atoms with Crippen LogP contribution in [-0.2, 0) is 19.4 Å². The molecule has 1 rings (SSSR count). The van der Waals surface area contributed by atoms with Crippen LogP contribution in [0.2, 0.25) is 0 Å². The lowest BCUT2D eigenvalue weighted by Gasteiger charge is -2.21. The van der Waals surface area contributed by atoms with Gasteiger partial charge in [0.25, 0.3) is 0 Å². The third kappa shape index (κ3) is 2.52. The number of methoxy groups -OCH3 is 1. The lowest BCUT2D eigenvalue weighted by atomic mass is 10.2. The fourth-order valence-electron chi connectivity index (χ4n) is 1.26. The van der Waals surface area contributed by atoms with Crippen LogP contribution in [0.25, 0.3) is 0 Å². The van der Waals surface area contributed by atoms with Gasteiger partial charge in [-0.25, -0.2) is 8.42 Å². The minimum atomic E-state index is -3.76. The molecule has 0 aliphatic carbocycles. The van der Waals surface area contributed by atoms with Crippen LogP contribution in [0.5, 0.6) is 0 Å². The first kappa shape index (κ1) is 14.2. The van der Waals surface area contributed by atoms with Crippen LogP contribution in [0.1, 0.15) is 13.8 Å². The Morgan fingerprint density at radius 3 is 2.12 bits per heavy atom. The quantitative estimate of drug-likeness (QED) is 0.801. The summed E-state index contributed by atoms with van der Waals surface area (Å²) in [4.78, 5) is 11.6. The van der Waals surface area contributed by atoms with E-state index in [1.807, 2.05) is 0 Å². The molecular weight excluding hydrogens is 308 g/mol. The lowest BCUT2D eigenvalue weighted by Crippen LogP contribution is -2.41. The zero-order valence-corrected chi connectivity index (χ0v) is 12.1. The minimum Gasteiger partial charge on any atom is -0.468 e. The van der Waals surface area contributed by atoms with E-state index in [2.05, 4.69) is 20.7 Å². The first-order valence-corrected chi connectivity index (χ1v) is 7.09. The van der Waals surface area contributed by atoms with E-state index in [4.69, 9.17) is 0 Å². The largest absolute Gasteiger partial charge is 0.468 e. The van der Waals surface area contributed by atoms with Crippen molar-refractivity contribution in [3.63, 3.8) is 0 Å². The molecule has 1 aromatic carbocycles. The molecule has 0 fully saturated rings. The molecule has 94 valence electrons. The number of carbonyl (C=O) groups is 1. The second-order valence-electron chi connectivity index (χ2n) is 3.96. The van der Waals surface area contributed by atoms with Gasteiger partial charge in [-0.1, -0.05) is 15.9 Å². The lowest BCUT2D eigenvalue weighted by molar-refractivity contribution is -0.142. The zero-order valence-electron chi connectivity index (χ0n) is 9.73. The van der Waals surface area contributed by atoms with Gasteiger partial charge >= 0.3 is 5.97 Å². The highest BCUT2D eigenvalue weighted by molar-refractivity contribution is 9.10. The third-order valence-electron chi connectivity index (χ3n) is 2.47. The van der Waals surface area contributed by atoms with Crippen LogP contribution in [0.4, 0.5) is 0 Å². The molecule has 0 atom stereocenters. The number of hydrogen-bond acceptors (Lipinski definition) is 4. The van der Waals surface area contributed by atoms with Crippen LogP contribution < -0.4 is 0 Å². The average molecular weight is 321 g/mol. The van der Waals surface area contributed by atoms with Gasteiger partial charge in [-0.15, -0.1) is 0 Å². The predicted octanol–water partition coefficient (Wildman–Crippen LogP) is 2.17. The molecule has 0 saturated carbocycles. The number of halogens is 1. The van der Waals surface area contributed by atoms with Crippen LogP contribution >= 0.6 is 15.9 Å². The molecule has 4 nitrogen and oxygen atoms in total. The van der Waals surface area contributed by atoms with Crippen molar-refractivity contribution in [2.24, 2.45) is 0 Å². The van der Waals surface area contributed by atoms with Crippen molar-refractivity contribution >= 4 is 31.7 Å². The van der Waals surface area contributed by atoms with Crippen LogP contribution in [0.15, 0.2) is 33.6 Å². The smallest absolute Gasteiger partial charge is 0.327 e. The van der Waals surface area contributed by atoms with E-state index in [0.717, 1.165) is 4.47 Å². The fraction of sp³-hybridized carbons (Fsp3) is 0.364. The molecule has 0 bridgehead atoms. The van der Waals surface area contributed by atoms with Crippen LogP contribution in [-0.4, -0.2) is 26.2 Å². The molecule has 0 aliphatic heterocycles. The summed E-state index contributed by atoms with van der Waals surface area (Å²) >= 11 is 3.22. The Kier molecular flexibility index (Phi) is 3.99. The molecule has 17 heavy (non-hydrogen) atoms. The summed E-state index contributed by atoms with van der Waals surface area (Å²) in [6, 6.07) is 6.12. The molecular formula is C11H13BrO4S. The summed E-state index contributed by atoms with van der Waals surface area (Å²) in [5.41, 5.74) is 0. The maximum atomic E-state index is 12.2. The zero-order chi connectivity index (χ0) is 13.3. The summed E-state index contributed by atoms with van der Waals surface area (Å²) in [5, 5.41) is 0. The average Bonchev–Trinajstić information content (AvgIpc) is 2.28. The van der Waals surface area contributed by atoms with Gasteiger partial charge in [0.15, 0.2) is 14.6 Å². The molecule has 6 heteroatoms. The minimum absolute atomic E-state index is 0.0936. The van der Waals surface area contributed by atoms with Gasteiger partial charge in [-0.05, 0) is 38.1 Å². The van der Waals surface area contributed by atoms with Gasteiger partial charge < -0.3 is 4.74 Å². The number of ether oxygens (including phenoxy) is 1. The maximum absolute atomic E-state index is 12.2. The van der Waals surface area contributed by atoms with E-state index in [0.29, 0.717) is 0 Å². The molecule has 1 aromatic rings. The van der Waals surface area contributed by atoms with Crippen molar-refractivity contribution < 1.29 is 17.9 Å². The second kappa shape index (κ2) is 4.78. The molecule has 0 aliphatic rings. The summed E-state index contributed by atoms with van der Waals surface area (Å²) in [6.45, 7) is 2.66. The van der Waals surface area contributed by atoms with Crippen molar-refractivity contribution in [3.05, 3.63) is 28.7 Å². The fourth-order valence-corrected chi connectivity index (χ4v) is 2.91. The molecule has 0 spiro atoms. The highest BCUT2D eigenvalue weighted by Crippen LogP contribution is 2.27. The second-order valence-corrected chi connectivity index (χ2v) is 7.37. The Morgan fingerprint density at radius 1 is 1.24 bits per heavy atom. The molecule has 0 heterocycles. The molecule has 0 saturated heterocycles. The number of hydrogen-bond donors (Lipinski definition) is 0. The van der Waals surface area contributed by atoms with Gasteiger partial charge in [-0.3, -0.25) is 4.79 Å². The Balaban J connectivity index is 3.29. The standard InChI is InChI=1S/C11H13BrO4S/c1-11(2,10(13)16-3)17(14,15)9-6-4-8(12)5-7-9/h4-7H,1-3H3. The van der Waals surface area contributed by atoms with E-state index >= 15 is 0 Å². The van der Waals surface area contributed by atoms with Crippen molar-refractivity contribution in [2.75, 3.05) is 7.11 Å². The van der Waals surface area contributed by atoms with E-state index in [9.17, 15) is 13.2 Å². The SMILES string of the molecule is COC(=O)C(C)(C)S(=O)(=O)c1ccc(Br)cc1. The van der Waals surface area contributed by atoms with E-state index in [1.54, 1.807) is 12.1 Å². The molecule has 0 N–H and O–H groups in total. The van der Waals surface area contributed by atoms with Gasteiger partial charge in [-0.2, -0.15) is 0 Å². The number of sulfone groups is 1. The van der Waals surface area contributed by atoms with Gasteiger partial charge in [0, 0.05) is 4.47 Å². The van der Waals surface area contributed by atoms with Crippen LogP contribution in [0, 0.1) is 0 Å².